The smallest absolute Gasteiger partial charge is 0.258 e. The van der Waals surface area contributed by atoms with Gasteiger partial charge in [-0.1, -0.05) is 23.7 Å². The number of nitrogens with one attached hydrogen (secondary N) is 2. The molecular formula is C20H21ClN4O4S. The molecule has 0 radical (unpaired) electrons. The quantitative estimate of drug-likeness (QED) is 0.637. The molecule has 1 amide bonds. The van der Waals surface area contributed by atoms with Gasteiger partial charge in [0.25, 0.3) is 5.91 Å². The van der Waals surface area contributed by atoms with E-state index in [1.807, 2.05) is 38.1 Å². The van der Waals surface area contributed by atoms with Gasteiger partial charge < -0.3 is 9.72 Å². The molecule has 1 fully saturated rings. The number of ether oxygens (including phenoxy) is 1. The van der Waals surface area contributed by atoms with Crippen LogP contribution in [0.5, 0.6) is 0 Å². The number of aromatic nitrogens is 2. The molecule has 2 heterocycles. The van der Waals surface area contributed by atoms with E-state index in [0.717, 1.165) is 5.52 Å². The van der Waals surface area contributed by atoms with E-state index < -0.39 is 15.9 Å². The number of benzene rings is 2. The molecule has 3 aromatic rings. The van der Waals surface area contributed by atoms with E-state index in [0.29, 0.717) is 5.52 Å². The number of halogens is 1. The summed E-state index contributed by atoms with van der Waals surface area (Å²) in [7, 11) is -3.89. The highest BCUT2D eigenvalue weighted by Crippen LogP contribution is 2.28. The summed E-state index contributed by atoms with van der Waals surface area (Å²) in [6.07, 6.45) is -0.469. The van der Waals surface area contributed by atoms with Gasteiger partial charge >= 0.3 is 0 Å². The molecular weight excluding hydrogens is 428 g/mol. The number of nitrogens with zero attached hydrogens (tertiary/aromatic N) is 2. The highest BCUT2D eigenvalue weighted by atomic mass is 35.5. The van der Waals surface area contributed by atoms with Crippen LogP contribution in [0, 0.1) is 0 Å². The largest absolute Gasteiger partial charge is 0.373 e. The maximum atomic E-state index is 13.2. The van der Waals surface area contributed by atoms with Crippen molar-refractivity contribution in [2.24, 2.45) is 0 Å². The van der Waals surface area contributed by atoms with E-state index >= 15 is 0 Å². The number of fused-ring (bicyclic) bond motifs is 1. The van der Waals surface area contributed by atoms with Gasteiger partial charge in [-0.05, 0) is 44.2 Å². The molecule has 2 unspecified atom stereocenters. The van der Waals surface area contributed by atoms with Gasteiger partial charge in [-0.15, -0.1) is 0 Å². The second-order valence-electron chi connectivity index (χ2n) is 7.28. The van der Waals surface area contributed by atoms with Gasteiger partial charge in [-0.2, -0.15) is 4.31 Å². The van der Waals surface area contributed by atoms with E-state index in [9.17, 15) is 13.2 Å². The maximum Gasteiger partial charge on any atom is 0.258 e. The van der Waals surface area contributed by atoms with Crippen LogP contribution < -0.4 is 5.32 Å². The van der Waals surface area contributed by atoms with Crippen molar-refractivity contribution < 1.29 is 17.9 Å². The summed E-state index contributed by atoms with van der Waals surface area (Å²) in [5.41, 5.74) is 1.65. The number of rotatable bonds is 4. The standard InChI is InChI=1S/C20H21ClN4O4S/c1-12-10-25(11-13(2)29-12)30(27,28)18-9-14(7-8-15(18)21)19(26)24-20-22-16-5-3-4-6-17(16)23-20/h3-9,12-13H,10-11H2,1-2H3,(H2,22,23,24,26). The lowest BCUT2D eigenvalue weighted by atomic mass is 10.2. The number of imidazole rings is 1. The average molecular weight is 449 g/mol. The lowest BCUT2D eigenvalue weighted by Gasteiger charge is -2.34. The first-order chi connectivity index (χ1) is 14.2. The number of amides is 1. The lowest BCUT2D eigenvalue weighted by Crippen LogP contribution is -2.48. The minimum atomic E-state index is -3.89. The number of anilines is 1. The normalized spacial score (nSPS) is 20.4. The zero-order chi connectivity index (χ0) is 21.5. The monoisotopic (exact) mass is 448 g/mol. The number of hydrogen-bond acceptors (Lipinski definition) is 5. The second-order valence-corrected chi connectivity index (χ2v) is 9.59. The summed E-state index contributed by atoms with van der Waals surface area (Å²) in [6.45, 7) is 4.07. The molecule has 1 aliphatic rings. The van der Waals surface area contributed by atoms with Gasteiger partial charge in [0.1, 0.15) is 4.90 Å². The average Bonchev–Trinajstić information content (AvgIpc) is 3.09. The van der Waals surface area contributed by atoms with Crippen LogP contribution in [0.4, 0.5) is 5.95 Å². The molecule has 8 nitrogen and oxygen atoms in total. The van der Waals surface area contributed by atoms with Crippen LogP contribution >= 0.6 is 11.6 Å². The Hall–Kier alpha value is -2.46. The fourth-order valence-corrected chi connectivity index (χ4v) is 5.59. The van der Waals surface area contributed by atoms with Crippen LogP contribution in [-0.4, -0.2) is 53.9 Å². The van der Waals surface area contributed by atoms with Gasteiger partial charge in [-0.3, -0.25) is 10.1 Å². The van der Waals surface area contributed by atoms with Crippen molar-refractivity contribution in [2.45, 2.75) is 31.0 Å². The third-order valence-corrected chi connectivity index (χ3v) is 7.13. The number of morpholine rings is 1. The molecule has 10 heteroatoms. The van der Waals surface area contributed by atoms with E-state index in [2.05, 4.69) is 15.3 Å². The van der Waals surface area contributed by atoms with Crippen molar-refractivity contribution in [1.29, 1.82) is 0 Å². The SMILES string of the molecule is CC1CN(S(=O)(=O)c2cc(C(=O)Nc3nc4ccccc4[nH]3)ccc2Cl)CC(C)O1. The fourth-order valence-electron chi connectivity index (χ4n) is 3.50. The molecule has 2 aromatic carbocycles. The van der Waals surface area contributed by atoms with Gasteiger partial charge in [-0.25, -0.2) is 13.4 Å². The summed E-state index contributed by atoms with van der Waals surface area (Å²) < 4.78 is 33.3. The van der Waals surface area contributed by atoms with Crippen molar-refractivity contribution in [3.63, 3.8) is 0 Å². The summed E-state index contributed by atoms with van der Waals surface area (Å²) >= 11 is 6.20. The Morgan fingerprint density at radius 2 is 1.90 bits per heavy atom. The van der Waals surface area contributed by atoms with Crippen molar-refractivity contribution in [3.05, 3.63) is 53.1 Å². The Bertz CT molecular complexity index is 1170. The Morgan fingerprint density at radius 1 is 1.20 bits per heavy atom. The number of H-pyrrole nitrogens is 1. The summed E-state index contributed by atoms with van der Waals surface area (Å²) in [6, 6.07) is 11.5. The van der Waals surface area contributed by atoms with E-state index in [-0.39, 0.29) is 46.7 Å². The fraction of sp³-hybridized carbons (Fsp3) is 0.300. The first-order valence-corrected chi connectivity index (χ1v) is 11.3. The van der Waals surface area contributed by atoms with Crippen molar-refractivity contribution in [1.82, 2.24) is 14.3 Å². The minimum Gasteiger partial charge on any atom is -0.373 e. The molecule has 158 valence electrons. The maximum absolute atomic E-state index is 13.2. The van der Waals surface area contributed by atoms with Gasteiger partial charge in [0.2, 0.25) is 16.0 Å². The topological polar surface area (TPSA) is 104 Å². The van der Waals surface area contributed by atoms with Crippen LogP contribution in [0.1, 0.15) is 24.2 Å². The van der Waals surface area contributed by atoms with Gasteiger partial charge in [0.15, 0.2) is 0 Å². The number of sulfonamides is 1. The van der Waals surface area contributed by atoms with Crippen LogP contribution in [0.15, 0.2) is 47.4 Å². The molecule has 0 bridgehead atoms. The molecule has 1 saturated heterocycles. The molecule has 1 aliphatic heterocycles. The molecule has 30 heavy (non-hydrogen) atoms. The summed E-state index contributed by atoms with van der Waals surface area (Å²) in [5, 5.41) is 2.72. The summed E-state index contributed by atoms with van der Waals surface area (Å²) in [4.78, 5) is 19.9. The molecule has 0 aliphatic carbocycles. The summed E-state index contributed by atoms with van der Waals surface area (Å²) in [5.74, 6) is -0.220. The van der Waals surface area contributed by atoms with Crippen LogP contribution in [0.2, 0.25) is 5.02 Å². The predicted molar refractivity (Wildman–Crippen MR) is 114 cm³/mol. The minimum absolute atomic E-state index is 0.0575. The Morgan fingerprint density at radius 3 is 2.60 bits per heavy atom. The Labute approximate surface area is 179 Å². The molecule has 2 N–H and O–H groups in total. The molecule has 0 spiro atoms. The highest BCUT2D eigenvalue weighted by molar-refractivity contribution is 7.89. The number of hydrogen-bond donors (Lipinski definition) is 2. The van der Waals surface area contributed by atoms with Crippen molar-refractivity contribution >= 4 is 44.5 Å². The number of carbonyl (C=O) groups excluding carboxylic acids is 1. The Balaban J connectivity index is 1.61. The highest BCUT2D eigenvalue weighted by Gasteiger charge is 2.33. The molecule has 0 saturated carbocycles. The van der Waals surface area contributed by atoms with Crippen molar-refractivity contribution in [2.75, 3.05) is 18.4 Å². The Kier molecular flexibility index (Phi) is 5.54. The van der Waals surface area contributed by atoms with Gasteiger partial charge in [0, 0.05) is 18.7 Å². The van der Waals surface area contributed by atoms with E-state index in [4.69, 9.17) is 16.3 Å². The molecule has 1 aromatic heterocycles. The lowest BCUT2D eigenvalue weighted by molar-refractivity contribution is -0.0440. The first-order valence-electron chi connectivity index (χ1n) is 9.45. The zero-order valence-corrected chi connectivity index (χ0v) is 18.0. The third kappa shape index (κ3) is 4.06. The van der Waals surface area contributed by atoms with Crippen molar-refractivity contribution in [3.8, 4) is 0 Å². The van der Waals surface area contributed by atoms with Crippen LogP contribution in [0.25, 0.3) is 11.0 Å². The van der Waals surface area contributed by atoms with Crippen LogP contribution in [-0.2, 0) is 14.8 Å². The first kappa shape index (κ1) is 20.8. The predicted octanol–water partition coefficient (Wildman–Crippen LogP) is 3.27. The molecule has 4 rings (SSSR count). The van der Waals surface area contributed by atoms with Gasteiger partial charge in [0.05, 0.1) is 28.3 Å². The second kappa shape index (κ2) is 7.99. The number of para-hydroxylation sites is 2. The van der Waals surface area contributed by atoms with Crippen LogP contribution in [0.3, 0.4) is 0 Å². The zero-order valence-electron chi connectivity index (χ0n) is 16.4. The molecule has 2 atom stereocenters. The van der Waals surface area contributed by atoms with E-state index in [1.54, 1.807) is 0 Å². The number of aromatic amines is 1. The number of carbonyl (C=O) groups is 1. The van der Waals surface area contributed by atoms with E-state index in [1.165, 1.54) is 22.5 Å². The third-order valence-electron chi connectivity index (χ3n) is 4.82.